The summed E-state index contributed by atoms with van der Waals surface area (Å²) in [5.74, 6) is 2.22. The Bertz CT molecular complexity index is 715. The van der Waals surface area contributed by atoms with Crippen molar-refractivity contribution in [1.29, 1.82) is 0 Å². The molecule has 0 aliphatic rings. The van der Waals surface area contributed by atoms with Crippen LogP contribution in [-0.4, -0.2) is 39.2 Å². The van der Waals surface area contributed by atoms with Crippen molar-refractivity contribution in [2.75, 3.05) is 13.6 Å². The van der Waals surface area contributed by atoms with Crippen LogP contribution in [0.25, 0.3) is 0 Å². The molecular weight excluding hydrogens is 446 g/mol. The highest BCUT2D eigenvalue weighted by atomic mass is 127. The second kappa shape index (κ2) is 11.1. The third kappa shape index (κ3) is 6.54. The molecule has 2 aromatic rings. The van der Waals surface area contributed by atoms with Gasteiger partial charge in [0.15, 0.2) is 11.8 Å². The van der Waals surface area contributed by atoms with Gasteiger partial charge in [-0.2, -0.15) is 0 Å². The summed E-state index contributed by atoms with van der Waals surface area (Å²) >= 11 is 0. The van der Waals surface area contributed by atoms with Gasteiger partial charge in [-0.1, -0.05) is 25.5 Å². The van der Waals surface area contributed by atoms with Gasteiger partial charge >= 0.3 is 0 Å². The first kappa shape index (κ1) is 22.3. The molecule has 0 bridgehead atoms. The van der Waals surface area contributed by atoms with Gasteiger partial charge in [-0.15, -0.1) is 34.2 Å². The van der Waals surface area contributed by atoms with Crippen molar-refractivity contribution in [2.24, 2.45) is 12.0 Å². The van der Waals surface area contributed by atoms with Crippen LogP contribution in [0.15, 0.2) is 29.3 Å². The van der Waals surface area contributed by atoms with Crippen molar-refractivity contribution >= 4 is 29.9 Å². The molecule has 1 aromatic carbocycles. The molecule has 0 aliphatic heterocycles. The highest BCUT2D eigenvalue weighted by Gasteiger charge is 2.09. The van der Waals surface area contributed by atoms with Crippen LogP contribution in [0.3, 0.4) is 0 Å². The second-order valence-corrected chi connectivity index (χ2v) is 6.13. The minimum atomic E-state index is -0.224. The lowest BCUT2D eigenvalue weighted by atomic mass is 10.2. The third-order valence-electron chi connectivity index (χ3n) is 4.04. The number of benzene rings is 1. The minimum Gasteiger partial charge on any atom is -0.356 e. The number of hydrogen-bond donors (Lipinski definition) is 1. The molecule has 0 unspecified atom stereocenters. The first-order valence-corrected chi connectivity index (χ1v) is 8.60. The molecule has 0 aliphatic carbocycles. The van der Waals surface area contributed by atoms with E-state index >= 15 is 0 Å². The van der Waals surface area contributed by atoms with Crippen LogP contribution in [0, 0.1) is 12.7 Å². The predicted octanol–water partition coefficient (Wildman–Crippen LogP) is 3.26. The summed E-state index contributed by atoms with van der Waals surface area (Å²) in [6.45, 7) is 5.93. The molecule has 0 atom stereocenters. The summed E-state index contributed by atoms with van der Waals surface area (Å²) in [4.78, 5) is 6.67. The highest BCUT2D eigenvalue weighted by molar-refractivity contribution is 14.0. The Kier molecular flexibility index (Phi) is 9.53. The number of nitrogens with one attached hydrogen (secondary N) is 1. The summed E-state index contributed by atoms with van der Waals surface area (Å²) in [7, 11) is 3.88. The number of nitrogens with zero attached hydrogens (tertiary/aromatic N) is 5. The summed E-state index contributed by atoms with van der Waals surface area (Å²) in [6, 6.07) is 6.64. The maximum absolute atomic E-state index is 13.4. The Morgan fingerprint density at radius 2 is 2.12 bits per heavy atom. The van der Waals surface area contributed by atoms with Gasteiger partial charge in [0, 0.05) is 27.2 Å². The molecule has 0 spiro atoms. The van der Waals surface area contributed by atoms with E-state index in [0.29, 0.717) is 13.1 Å². The highest BCUT2D eigenvalue weighted by Crippen LogP contribution is 2.07. The fourth-order valence-electron chi connectivity index (χ4n) is 2.41. The fourth-order valence-corrected chi connectivity index (χ4v) is 2.41. The standard InChI is InChI=1S/C18H27FN6.HI/c1-5-6-10-20-18(21-12-17-23-22-14(2)25(17)4)24(3)13-15-8-7-9-16(19)11-15;/h7-9,11H,5-6,10,12-13H2,1-4H3,(H,20,21);1H. The zero-order valence-electron chi connectivity index (χ0n) is 15.9. The first-order valence-electron chi connectivity index (χ1n) is 8.60. The molecule has 2 rings (SSSR count). The molecule has 0 radical (unpaired) electrons. The topological polar surface area (TPSA) is 58.3 Å². The number of aromatic nitrogens is 3. The third-order valence-corrected chi connectivity index (χ3v) is 4.04. The van der Waals surface area contributed by atoms with Crippen LogP contribution in [0.4, 0.5) is 4.39 Å². The van der Waals surface area contributed by atoms with E-state index < -0.39 is 0 Å². The number of aryl methyl sites for hydroxylation is 1. The first-order chi connectivity index (χ1) is 12.0. The normalized spacial score (nSPS) is 11.2. The van der Waals surface area contributed by atoms with Gasteiger partial charge in [-0.3, -0.25) is 0 Å². The monoisotopic (exact) mass is 474 g/mol. The Morgan fingerprint density at radius 3 is 2.73 bits per heavy atom. The molecule has 26 heavy (non-hydrogen) atoms. The molecule has 1 aromatic heterocycles. The Morgan fingerprint density at radius 1 is 1.35 bits per heavy atom. The summed E-state index contributed by atoms with van der Waals surface area (Å²) < 4.78 is 15.3. The average Bonchev–Trinajstić information content (AvgIpc) is 2.90. The summed E-state index contributed by atoms with van der Waals surface area (Å²) in [5.41, 5.74) is 0.905. The molecule has 0 saturated carbocycles. The van der Waals surface area contributed by atoms with Gasteiger partial charge in [0.25, 0.3) is 0 Å². The van der Waals surface area contributed by atoms with Crippen molar-refractivity contribution in [3.8, 4) is 0 Å². The van der Waals surface area contributed by atoms with E-state index in [1.165, 1.54) is 6.07 Å². The van der Waals surface area contributed by atoms with Crippen molar-refractivity contribution in [3.05, 3.63) is 47.3 Å². The Labute approximate surface area is 171 Å². The second-order valence-electron chi connectivity index (χ2n) is 6.13. The van der Waals surface area contributed by atoms with E-state index in [2.05, 4.69) is 27.4 Å². The van der Waals surface area contributed by atoms with E-state index in [1.54, 1.807) is 12.1 Å². The number of halogens is 2. The summed E-state index contributed by atoms with van der Waals surface area (Å²) in [6.07, 6.45) is 2.17. The minimum absolute atomic E-state index is 0. The number of hydrogen-bond acceptors (Lipinski definition) is 3. The molecule has 8 heteroatoms. The van der Waals surface area contributed by atoms with Gasteiger partial charge in [-0.25, -0.2) is 9.38 Å². The molecule has 0 saturated heterocycles. The van der Waals surface area contributed by atoms with E-state index in [-0.39, 0.29) is 29.8 Å². The SMILES string of the molecule is CCCCNC(=NCc1nnc(C)n1C)N(C)Cc1cccc(F)c1.I. The zero-order valence-corrected chi connectivity index (χ0v) is 18.2. The van der Waals surface area contributed by atoms with E-state index in [4.69, 9.17) is 0 Å². The smallest absolute Gasteiger partial charge is 0.194 e. The van der Waals surface area contributed by atoms with Gasteiger partial charge in [0.2, 0.25) is 0 Å². The van der Waals surface area contributed by atoms with E-state index in [1.807, 2.05) is 36.6 Å². The van der Waals surface area contributed by atoms with Gasteiger partial charge in [0.05, 0.1) is 0 Å². The maximum Gasteiger partial charge on any atom is 0.194 e. The van der Waals surface area contributed by atoms with Crippen molar-refractivity contribution in [3.63, 3.8) is 0 Å². The predicted molar refractivity (Wildman–Crippen MR) is 113 cm³/mol. The quantitative estimate of drug-likeness (QED) is 0.290. The molecule has 144 valence electrons. The molecule has 1 heterocycles. The molecular formula is C18H28FIN6. The van der Waals surface area contributed by atoms with Crippen LogP contribution in [0.2, 0.25) is 0 Å². The van der Waals surface area contributed by atoms with Crippen LogP contribution >= 0.6 is 24.0 Å². The van der Waals surface area contributed by atoms with Gasteiger partial charge in [0.1, 0.15) is 18.2 Å². The largest absolute Gasteiger partial charge is 0.356 e. The number of unbranched alkanes of at least 4 members (excludes halogenated alkanes) is 1. The number of guanidine groups is 1. The number of rotatable bonds is 7. The lowest BCUT2D eigenvalue weighted by molar-refractivity contribution is 0.470. The Balaban J connectivity index is 0.00000338. The molecule has 0 fully saturated rings. The average molecular weight is 474 g/mol. The molecule has 0 amide bonds. The lowest BCUT2D eigenvalue weighted by Gasteiger charge is -2.22. The number of aliphatic imine (C=N–C) groups is 1. The zero-order chi connectivity index (χ0) is 18.2. The maximum atomic E-state index is 13.4. The van der Waals surface area contributed by atoms with Gasteiger partial charge in [-0.05, 0) is 31.0 Å². The van der Waals surface area contributed by atoms with Crippen LogP contribution in [-0.2, 0) is 20.1 Å². The van der Waals surface area contributed by atoms with Crippen LogP contribution in [0.1, 0.15) is 37.0 Å². The molecule has 1 N–H and O–H groups in total. The van der Waals surface area contributed by atoms with Crippen molar-refractivity contribution < 1.29 is 4.39 Å². The lowest BCUT2D eigenvalue weighted by Crippen LogP contribution is -2.39. The van der Waals surface area contributed by atoms with E-state index in [0.717, 1.165) is 42.6 Å². The fraction of sp³-hybridized carbons (Fsp3) is 0.500. The van der Waals surface area contributed by atoms with Crippen molar-refractivity contribution in [2.45, 2.75) is 39.8 Å². The Hall–Kier alpha value is -1.71. The van der Waals surface area contributed by atoms with Crippen LogP contribution in [0.5, 0.6) is 0 Å². The summed E-state index contributed by atoms with van der Waals surface area (Å²) in [5, 5.41) is 11.6. The van der Waals surface area contributed by atoms with Crippen LogP contribution < -0.4 is 5.32 Å². The molecule has 6 nitrogen and oxygen atoms in total. The van der Waals surface area contributed by atoms with Crippen molar-refractivity contribution in [1.82, 2.24) is 25.0 Å². The van der Waals surface area contributed by atoms with Gasteiger partial charge < -0.3 is 14.8 Å². The van der Waals surface area contributed by atoms with E-state index in [9.17, 15) is 4.39 Å².